The van der Waals surface area contributed by atoms with Crippen molar-refractivity contribution in [2.75, 3.05) is 23.3 Å². The van der Waals surface area contributed by atoms with Crippen LogP contribution in [0.4, 0.5) is 11.5 Å². The van der Waals surface area contributed by atoms with Gasteiger partial charge in [0.2, 0.25) is 0 Å². The summed E-state index contributed by atoms with van der Waals surface area (Å²) >= 11 is 0. The zero-order chi connectivity index (χ0) is 17.2. The highest BCUT2D eigenvalue weighted by Crippen LogP contribution is 2.23. The van der Waals surface area contributed by atoms with Crippen LogP contribution in [0.3, 0.4) is 0 Å². The van der Waals surface area contributed by atoms with Gasteiger partial charge in [-0.05, 0) is 31.9 Å². The molecule has 1 saturated heterocycles. The second kappa shape index (κ2) is 6.54. The molecule has 25 heavy (non-hydrogen) atoms. The Bertz CT molecular complexity index is 856. The van der Waals surface area contributed by atoms with Gasteiger partial charge >= 0.3 is 0 Å². The molecule has 4 heterocycles. The van der Waals surface area contributed by atoms with Crippen molar-refractivity contribution in [1.29, 1.82) is 0 Å². The van der Waals surface area contributed by atoms with Gasteiger partial charge in [-0.25, -0.2) is 4.98 Å². The third-order valence-electron chi connectivity index (χ3n) is 4.36. The largest absolute Gasteiger partial charge is 0.367 e. The van der Waals surface area contributed by atoms with Crippen LogP contribution in [-0.2, 0) is 7.05 Å². The monoisotopic (exact) mass is 339 g/mol. The van der Waals surface area contributed by atoms with Crippen LogP contribution in [0, 0.1) is 6.92 Å². The molecule has 1 aliphatic rings. The Hall–Kier alpha value is -2.90. The number of aromatic nitrogens is 5. The Morgan fingerprint density at radius 2 is 2.28 bits per heavy atom. The number of anilines is 2. The maximum Gasteiger partial charge on any atom is 0.258 e. The number of hydrogen-bond acceptors (Lipinski definition) is 7. The van der Waals surface area contributed by atoms with E-state index < -0.39 is 0 Å². The summed E-state index contributed by atoms with van der Waals surface area (Å²) in [6.45, 7) is 3.79. The predicted molar refractivity (Wildman–Crippen MR) is 94.3 cm³/mol. The fraction of sp³-hybridized carbons (Fsp3) is 0.412. The Labute approximate surface area is 145 Å². The van der Waals surface area contributed by atoms with E-state index in [1.807, 2.05) is 37.0 Å². The quantitative estimate of drug-likeness (QED) is 0.780. The van der Waals surface area contributed by atoms with E-state index >= 15 is 0 Å². The molecule has 1 unspecified atom stereocenters. The first-order valence-electron chi connectivity index (χ1n) is 8.44. The smallest absolute Gasteiger partial charge is 0.258 e. The molecule has 0 aromatic carbocycles. The number of rotatable bonds is 4. The summed E-state index contributed by atoms with van der Waals surface area (Å²) < 4.78 is 7.08. The van der Waals surface area contributed by atoms with E-state index in [1.165, 1.54) is 0 Å². The lowest BCUT2D eigenvalue weighted by atomic mass is 10.1. The molecule has 3 aromatic rings. The van der Waals surface area contributed by atoms with E-state index in [2.05, 4.69) is 36.6 Å². The standard InChI is InChI=1S/C17H21N7O/c1-12-20-17(25-22-12)13-5-6-18-16(8-13)21-14-4-3-7-24(10-14)15-9-19-23(2)11-15/h5-6,8-9,11,14H,3-4,7,10H2,1-2H3,(H,18,21). The van der Waals surface area contributed by atoms with Crippen LogP contribution in [0.5, 0.6) is 0 Å². The van der Waals surface area contributed by atoms with E-state index in [0.29, 0.717) is 17.8 Å². The van der Waals surface area contributed by atoms with Gasteiger partial charge < -0.3 is 14.7 Å². The lowest BCUT2D eigenvalue weighted by Gasteiger charge is -2.34. The third kappa shape index (κ3) is 3.47. The van der Waals surface area contributed by atoms with Crippen LogP contribution in [0.1, 0.15) is 18.7 Å². The molecule has 0 saturated carbocycles. The number of piperidine rings is 1. The van der Waals surface area contributed by atoms with Crippen LogP contribution in [-0.4, -0.2) is 44.0 Å². The van der Waals surface area contributed by atoms with Crippen molar-refractivity contribution in [3.05, 3.63) is 36.5 Å². The normalized spacial score (nSPS) is 17.7. The first-order valence-corrected chi connectivity index (χ1v) is 8.44. The Balaban J connectivity index is 1.46. The lowest BCUT2D eigenvalue weighted by Crippen LogP contribution is -2.42. The Morgan fingerprint density at radius 1 is 1.36 bits per heavy atom. The van der Waals surface area contributed by atoms with Crippen molar-refractivity contribution in [2.24, 2.45) is 7.05 Å². The molecule has 4 rings (SSSR count). The van der Waals surface area contributed by atoms with Crippen LogP contribution < -0.4 is 10.2 Å². The molecule has 0 radical (unpaired) electrons. The minimum absolute atomic E-state index is 0.334. The molecule has 0 spiro atoms. The summed E-state index contributed by atoms with van der Waals surface area (Å²) in [5, 5.41) is 11.6. The van der Waals surface area contributed by atoms with Crippen molar-refractivity contribution in [2.45, 2.75) is 25.8 Å². The molecule has 130 valence electrons. The molecule has 8 heteroatoms. The van der Waals surface area contributed by atoms with Crippen molar-refractivity contribution in [3.63, 3.8) is 0 Å². The second-order valence-electron chi connectivity index (χ2n) is 6.38. The summed E-state index contributed by atoms with van der Waals surface area (Å²) in [6.07, 6.45) is 7.98. The first-order chi connectivity index (χ1) is 12.2. The van der Waals surface area contributed by atoms with Crippen LogP contribution in [0.25, 0.3) is 11.5 Å². The zero-order valence-corrected chi connectivity index (χ0v) is 14.4. The molecular weight excluding hydrogens is 318 g/mol. The Kier molecular flexibility index (Phi) is 4.09. The summed E-state index contributed by atoms with van der Waals surface area (Å²) in [5.41, 5.74) is 2.04. The highest BCUT2D eigenvalue weighted by Gasteiger charge is 2.21. The number of nitrogens with one attached hydrogen (secondary N) is 1. The fourth-order valence-electron chi connectivity index (χ4n) is 3.17. The van der Waals surface area contributed by atoms with Gasteiger partial charge in [0.15, 0.2) is 5.82 Å². The summed E-state index contributed by atoms with van der Waals surface area (Å²) in [6, 6.07) is 4.16. The fourth-order valence-corrected chi connectivity index (χ4v) is 3.17. The van der Waals surface area contributed by atoms with Gasteiger partial charge in [-0.3, -0.25) is 4.68 Å². The Morgan fingerprint density at radius 3 is 3.04 bits per heavy atom. The van der Waals surface area contributed by atoms with Crippen LogP contribution in [0.2, 0.25) is 0 Å². The second-order valence-corrected chi connectivity index (χ2v) is 6.38. The minimum atomic E-state index is 0.334. The van der Waals surface area contributed by atoms with Gasteiger partial charge in [0, 0.05) is 44.1 Å². The maximum absolute atomic E-state index is 5.24. The van der Waals surface area contributed by atoms with E-state index in [-0.39, 0.29) is 0 Å². The highest BCUT2D eigenvalue weighted by atomic mass is 16.5. The van der Waals surface area contributed by atoms with E-state index in [9.17, 15) is 0 Å². The summed E-state index contributed by atoms with van der Waals surface area (Å²) in [7, 11) is 1.94. The highest BCUT2D eigenvalue weighted by molar-refractivity contribution is 5.58. The van der Waals surface area contributed by atoms with Gasteiger partial charge in [-0.2, -0.15) is 10.1 Å². The number of pyridine rings is 1. The van der Waals surface area contributed by atoms with Gasteiger partial charge in [-0.1, -0.05) is 5.16 Å². The van der Waals surface area contributed by atoms with E-state index in [1.54, 1.807) is 6.20 Å². The van der Waals surface area contributed by atoms with Crippen molar-refractivity contribution in [1.82, 2.24) is 24.9 Å². The van der Waals surface area contributed by atoms with Crippen LogP contribution in [0.15, 0.2) is 35.2 Å². The van der Waals surface area contributed by atoms with Gasteiger partial charge in [0.1, 0.15) is 5.82 Å². The topological polar surface area (TPSA) is 84.9 Å². The van der Waals surface area contributed by atoms with Gasteiger partial charge in [-0.15, -0.1) is 0 Å². The van der Waals surface area contributed by atoms with Crippen molar-refractivity contribution >= 4 is 11.5 Å². The minimum Gasteiger partial charge on any atom is -0.367 e. The third-order valence-corrected chi connectivity index (χ3v) is 4.36. The molecule has 1 fully saturated rings. The molecule has 0 bridgehead atoms. The molecular formula is C17H21N7O. The molecule has 3 aromatic heterocycles. The van der Waals surface area contributed by atoms with E-state index in [4.69, 9.17) is 4.52 Å². The summed E-state index contributed by atoms with van der Waals surface area (Å²) in [5.74, 6) is 1.97. The van der Waals surface area contributed by atoms with Crippen molar-refractivity contribution < 1.29 is 4.52 Å². The van der Waals surface area contributed by atoms with Gasteiger partial charge in [0.05, 0.1) is 11.9 Å². The van der Waals surface area contributed by atoms with Gasteiger partial charge in [0.25, 0.3) is 5.89 Å². The zero-order valence-electron chi connectivity index (χ0n) is 14.4. The average Bonchev–Trinajstić information content (AvgIpc) is 3.24. The lowest BCUT2D eigenvalue weighted by molar-refractivity contribution is 0.425. The number of hydrogen-bond donors (Lipinski definition) is 1. The van der Waals surface area contributed by atoms with Crippen LogP contribution >= 0.6 is 0 Å². The SMILES string of the molecule is Cc1noc(-c2ccnc(NC3CCCN(c4cnn(C)c4)C3)c2)n1. The molecule has 0 aliphatic carbocycles. The predicted octanol–water partition coefficient (Wildman–Crippen LogP) is 2.25. The molecule has 1 aliphatic heterocycles. The molecule has 0 amide bonds. The first kappa shape index (κ1) is 15.6. The number of nitrogens with zero attached hydrogens (tertiary/aromatic N) is 6. The molecule has 1 atom stereocenters. The maximum atomic E-state index is 5.24. The summed E-state index contributed by atoms with van der Waals surface area (Å²) in [4.78, 5) is 11.1. The molecule has 1 N–H and O–H groups in total. The number of aryl methyl sites for hydroxylation is 2. The average molecular weight is 339 g/mol. The van der Waals surface area contributed by atoms with Crippen molar-refractivity contribution in [3.8, 4) is 11.5 Å². The van der Waals surface area contributed by atoms with E-state index in [0.717, 1.165) is 43.0 Å². The molecule has 8 nitrogen and oxygen atoms in total.